The Morgan fingerprint density at radius 1 is 1.25 bits per heavy atom. The summed E-state index contributed by atoms with van der Waals surface area (Å²) in [6.45, 7) is 3.93. The van der Waals surface area contributed by atoms with E-state index in [1.54, 1.807) is 6.07 Å². The van der Waals surface area contributed by atoms with Gasteiger partial charge in [0, 0.05) is 6.54 Å². The van der Waals surface area contributed by atoms with Gasteiger partial charge < -0.3 is 4.74 Å². The Morgan fingerprint density at radius 2 is 2.06 bits per heavy atom. The Labute approximate surface area is 95.2 Å². The van der Waals surface area contributed by atoms with Gasteiger partial charge in [-0.3, -0.25) is 4.90 Å². The van der Waals surface area contributed by atoms with Crippen LogP contribution in [0.4, 0.5) is 4.39 Å². The van der Waals surface area contributed by atoms with Gasteiger partial charge in [0.15, 0.2) is 0 Å². The smallest absolute Gasteiger partial charge is 0.213 e. The topological polar surface area (TPSA) is 25.4 Å². The summed E-state index contributed by atoms with van der Waals surface area (Å²) in [5, 5.41) is 0. The van der Waals surface area contributed by atoms with E-state index in [4.69, 9.17) is 4.74 Å². The normalized spacial score (nSPS) is 17.3. The van der Waals surface area contributed by atoms with Gasteiger partial charge in [-0.2, -0.15) is 4.39 Å². The van der Waals surface area contributed by atoms with E-state index in [0.717, 1.165) is 6.54 Å². The number of rotatable bonds is 4. The Morgan fingerprint density at radius 3 is 2.75 bits per heavy atom. The second-order valence-corrected chi connectivity index (χ2v) is 4.07. The van der Waals surface area contributed by atoms with Gasteiger partial charge in [0.05, 0.1) is 6.20 Å². The Kier molecular flexibility index (Phi) is 4.10. The van der Waals surface area contributed by atoms with Crippen molar-refractivity contribution in [2.45, 2.75) is 19.3 Å². The quantitative estimate of drug-likeness (QED) is 0.732. The molecule has 0 atom stereocenters. The monoisotopic (exact) mass is 224 g/mol. The predicted octanol–water partition coefficient (Wildman–Crippen LogP) is 2.09. The van der Waals surface area contributed by atoms with Crippen LogP contribution in [0, 0.1) is 5.95 Å². The summed E-state index contributed by atoms with van der Waals surface area (Å²) in [6.07, 6.45) is 5.35. The average Bonchev–Trinajstić information content (AvgIpc) is 2.33. The number of likely N-dealkylation sites (tertiary alicyclic amines) is 1. The molecule has 1 aromatic heterocycles. The van der Waals surface area contributed by atoms with Gasteiger partial charge in [-0.15, -0.1) is 0 Å². The maximum atomic E-state index is 12.5. The van der Waals surface area contributed by atoms with Crippen molar-refractivity contribution < 1.29 is 9.13 Å². The maximum absolute atomic E-state index is 12.5. The third-order valence-corrected chi connectivity index (χ3v) is 2.83. The van der Waals surface area contributed by atoms with E-state index < -0.39 is 5.95 Å². The van der Waals surface area contributed by atoms with Crippen LogP contribution >= 0.6 is 0 Å². The minimum absolute atomic E-state index is 0.469. The van der Waals surface area contributed by atoms with Crippen LogP contribution in [0.1, 0.15) is 19.3 Å². The summed E-state index contributed by atoms with van der Waals surface area (Å²) >= 11 is 0. The zero-order valence-corrected chi connectivity index (χ0v) is 9.36. The second-order valence-electron chi connectivity index (χ2n) is 4.07. The lowest BCUT2D eigenvalue weighted by molar-refractivity contribution is 0.183. The molecule has 0 aromatic carbocycles. The molecule has 1 aromatic rings. The van der Waals surface area contributed by atoms with Gasteiger partial charge in [0.1, 0.15) is 12.4 Å². The number of nitrogens with zero attached hydrogens (tertiary/aromatic N) is 2. The first-order chi connectivity index (χ1) is 7.84. The Bertz CT molecular complexity index is 309. The summed E-state index contributed by atoms with van der Waals surface area (Å²) in [5.41, 5.74) is 0. The van der Waals surface area contributed by atoms with Crippen LogP contribution in [-0.4, -0.2) is 36.1 Å². The largest absolute Gasteiger partial charge is 0.491 e. The van der Waals surface area contributed by atoms with Crippen molar-refractivity contribution in [3.8, 4) is 5.75 Å². The van der Waals surface area contributed by atoms with Crippen LogP contribution in [0.25, 0.3) is 0 Å². The number of pyridine rings is 1. The molecule has 1 fully saturated rings. The van der Waals surface area contributed by atoms with Gasteiger partial charge in [-0.1, -0.05) is 6.42 Å². The van der Waals surface area contributed by atoms with E-state index in [0.29, 0.717) is 12.4 Å². The number of hydrogen-bond acceptors (Lipinski definition) is 3. The highest BCUT2D eigenvalue weighted by Gasteiger charge is 2.09. The number of ether oxygens (including phenoxy) is 1. The first-order valence-electron chi connectivity index (χ1n) is 5.81. The number of piperidine rings is 1. The Hall–Kier alpha value is -1.16. The molecular weight excluding hydrogens is 207 g/mol. The molecule has 0 N–H and O–H groups in total. The highest BCUT2D eigenvalue weighted by Crippen LogP contribution is 2.10. The van der Waals surface area contributed by atoms with E-state index in [2.05, 4.69) is 9.88 Å². The highest BCUT2D eigenvalue weighted by molar-refractivity contribution is 5.15. The predicted molar refractivity (Wildman–Crippen MR) is 60.0 cm³/mol. The standard InChI is InChI=1S/C12H17FN2O/c13-12-5-4-11(10-14-12)16-9-8-15-6-2-1-3-7-15/h4-5,10H,1-3,6-9H2. The van der Waals surface area contributed by atoms with Crippen LogP contribution in [0.2, 0.25) is 0 Å². The molecule has 1 aliphatic heterocycles. The van der Waals surface area contributed by atoms with Gasteiger partial charge >= 0.3 is 0 Å². The van der Waals surface area contributed by atoms with Gasteiger partial charge in [0.25, 0.3) is 0 Å². The Balaban J connectivity index is 1.69. The van der Waals surface area contributed by atoms with Crippen molar-refractivity contribution in [1.82, 2.24) is 9.88 Å². The van der Waals surface area contributed by atoms with Crippen LogP contribution in [0.3, 0.4) is 0 Å². The molecule has 4 heteroatoms. The van der Waals surface area contributed by atoms with E-state index in [1.807, 2.05) is 0 Å². The molecule has 0 unspecified atom stereocenters. The highest BCUT2D eigenvalue weighted by atomic mass is 19.1. The summed E-state index contributed by atoms with van der Waals surface area (Å²) in [6, 6.07) is 2.93. The van der Waals surface area contributed by atoms with Gasteiger partial charge in [-0.25, -0.2) is 4.98 Å². The van der Waals surface area contributed by atoms with E-state index >= 15 is 0 Å². The lowest BCUT2D eigenvalue weighted by atomic mass is 10.1. The summed E-state index contributed by atoms with van der Waals surface area (Å²) in [4.78, 5) is 5.94. The molecule has 2 rings (SSSR count). The second kappa shape index (κ2) is 5.80. The van der Waals surface area contributed by atoms with E-state index in [-0.39, 0.29) is 0 Å². The fourth-order valence-corrected chi connectivity index (χ4v) is 1.92. The van der Waals surface area contributed by atoms with Crippen molar-refractivity contribution in [1.29, 1.82) is 0 Å². The zero-order valence-electron chi connectivity index (χ0n) is 9.36. The molecular formula is C12H17FN2O. The molecule has 3 nitrogen and oxygen atoms in total. The molecule has 0 amide bonds. The van der Waals surface area contributed by atoms with Crippen molar-refractivity contribution in [2.75, 3.05) is 26.2 Å². The third-order valence-electron chi connectivity index (χ3n) is 2.83. The molecule has 0 aliphatic carbocycles. The van der Waals surface area contributed by atoms with Crippen molar-refractivity contribution in [2.24, 2.45) is 0 Å². The first kappa shape index (κ1) is 11.3. The van der Waals surface area contributed by atoms with Gasteiger partial charge in [0.2, 0.25) is 5.95 Å². The van der Waals surface area contributed by atoms with E-state index in [1.165, 1.54) is 44.6 Å². The molecule has 0 bridgehead atoms. The molecule has 16 heavy (non-hydrogen) atoms. The number of hydrogen-bond donors (Lipinski definition) is 0. The third kappa shape index (κ3) is 3.45. The fraction of sp³-hybridized carbons (Fsp3) is 0.583. The molecule has 88 valence electrons. The van der Waals surface area contributed by atoms with Crippen molar-refractivity contribution in [3.05, 3.63) is 24.3 Å². The molecule has 0 spiro atoms. The van der Waals surface area contributed by atoms with Crippen LogP contribution in [0.15, 0.2) is 18.3 Å². The molecule has 1 aliphatic rings. The van der Waals surface area contributed by atoms with Gasteiger partial charge in [-0.05, 0) is 38.1 Å². The number of aromatic nitrogens is 1. The van der Waals surface area contributed by atoms with Crippen LogP contribution in [0.5, 0.6) is 5.75 Å². The van der Waals surface area contributed by atoms with Crippen molar-refractivity contribution >= 4 is 0 Å². The molecule has 2 heterocycles. The minimum atomic E-state index is -0.469. The molecule has 0 saturated carbocycles. The summed E-state index contributed by atoms with van der Waals surface area (Å²) in [7, 11) is 0. The molecule has 1 saturated heterocycles. The lowest BCUT2D eigenvalue weighted by Gasteiger charge is -2.26. The zero-order chi connectivity index (χ0) is 11.2. The van der Waals surface area contributed by atoms with Crippen LogP contribution in [-0.2, 0) is 0 Å². The number of halogens is 1. The SMILES string of the molecule is Fc1ccc(OCCN2CCCCC2)cn1. The summed E-state index contributed by atoms with van der Waals surface area (Å²) in [5.74, 6) is 0.168. The maximum Gasteiger partial charge on any atom is 0.213 e. The minimum Gasteiger partial charge on any atom is -0.491 e. The average molecular weight is 224 g/mol. The van der Waals surface area contributed by atoms with Crippen molar-refractivity contribution in [3.63, 3.8) is 0 Å². The van der Waals surface area contributed by atoms with E-state index in [9.17, 15) is 4.39 Å². The first-order valence-corrected chi connectivity index (χ1v) is 5.81. The molecule has 0 radical (unpaired) electrons. The lowest BCUT2D eigenvalue weighted by Crippen LogP contribution is -2.33. The fourth-order valence-electron chi connectivity index (χ4n) is 1.92. The van der Waals surface area contributed by atoms with Crippen LogP contribution < -0.4 is 4.74 Å². The summed E-state index contributed by atoms with van der Waals surface area (Å²) < 4.78 is 18.0.